The van der Waals surface area contributed by atoms with Crippen LogP contribution in [-0.2, 0) is 4.79 Å². The van der Waals surface area contributed by atoms with Gasteiger partial charge in [-0.05, 0) is 12.1 Å². The Morgan fingerprint density at radius 1 is 1.75 bits per heavy atom. The number of amides is 1. The van der Waals surface area contributed by atoms with Gasteiger partial charge >= 0.3 is 0 Å². The summed E-state index contributed by atoms with van der Waals surface area (Å²) in [6.07, 6.45) is 0.254. The van der Waals surface area contributed by atoms with Crippen molar-refractivity contribution in [3.8, 4) is 0 Å². The van der Waals surface area contributed by atoms with E-state index >= 15 is 0 Å². The monoisotopic (exact) mass is 167 g/mol. The van der Waals surface area contributed by atoms with Crippen molar-refractivity contribution in [3.05, 3.63) is 36.3 Å². The van der Waals surface area contributed by atoms with E-state index in [1.54, 1.807) is 12.1 Å². The minimum Gasteiger partial charge on any atom is -0.466 e. The lowest BCUT2D eigenvalue weighted by atomic mass is 10.1. The molecule has 4 heteroatoms. The normalized spacial score (nSPS) is 12.4. The molecule has 1 unspecified atom stereocenters. The van der Waals surface area contributed by atoms with E-state index in [2.05, 4.69) is 6.58 Å². The van der Waals surface area contributed by atoms with E-state index in [0.717, 1.165) is 0 Å². The number of carbonyl (C=O) groups excluding carboxylic acids is 1. The molecule has 0 aliphatic rings. The molecule has 0 saturated carbocycles. The molecule has 1 heterocycles. The Morgan fingerprint density at radius 3 is 2.83 bits per heavy atom. The van der Waals surface area contributed by atoms with Crippen molar-refractivity contribution in [1.82, 2.24) is 0 Å². The zero-order valence-corrected chi connectivity index (χ0v) is 6.36. The predicted molar refractivity (Wildman–Crippen MR) is 42.0 cm³/mol. The molecule has 12 heavy (non-hydrogen) atoms. The Labute approximate surface area is 69.3 Å². The molecular formula is C8H9NO3. The van der Waals surface area contributed by atoms with Crippen LogP contribution in [0.3, 0.4) is 0 Å². The molecule has 4 nitrogen and oxygen atoms in total. The van der Waals surface area contributed by atoms with Gasteiger partial charge in [0.25, 0.3) is 0 Å². The van der Waals surface area contributed by atoms with Crippen molar-refractivity contribution in [2.45, 2.75) is 6.10 Å². The molecule has 1 aromatic heterocycles. The van der Waals surface area contributed by atoms with E-state index < -0.39 is 12.0 Å². The highest BCUT2D eigenvalue weighted by molar-refractivity contribution is 5.92. The number of aliphatic hydroxyl groups excluding tert-OH is 1. The van der Waals surface area contributed by atoms with Gasteiger partial charge in [0.15, 0.2) is 0 Å². The number of rotatable bonds is 3. The third kappa shape index (κ3) is 1.54. The highest BCUT2D eigenvalue weighted by Gasteiger charge is 2.17. The largest absolute Gasteiger partial charge is 0.466 e. The quantitative estimate of drug-likeness (QED) is 0.638. The van der Waals surface area contributed by atoms with Crippen LogP contribution < -0.4 is 5.73 Å². The summed E-state index contributed by atoms with van der Waals surface area (Å²) >= 11 is 0. The molecule has 0 aliphatic carbocycles. The van der Waals surface area contributed by atoms with Gasteiger partial charge in [0, 0.05) is 5.57 Å². The second-order valence-electron chi connectivity index (χ2n) is 2.31. The van der Waals surface area contributed by atoms with Crippen molar-refractivity contribution in [2.75, 3.05) is 0 Å². The van der Waals surface area contributed by atoms with E-state index in [-0.39, 0.29) is 11.3 Å². The molecule has 64 valence electrons. The van der Waals surface area contributed by atoms with Crippen LogP contribution in [0.5, 0.6) is 0 Å². The van der Waals surface area contributed by atoms with Crippen LogP contribution >= 0.6 is 0 Å². The molecule has 0 bridgehead atoms. The Morgan fingerprint density at radius 2 is 2.42 bits per heavy atom. The van der Waals surface area contributed by atoms with Crippen LogP contribution in [0, 0.1) is 0 Å². The Hall–Kier alpha value is -1.55. The fraction of sp³-hybridized carbons (Fsp3) is 0.125. The lowest BCUT2D eigenvalue weighted by Gasteiger charge is -2.06. The number of primary amides is 1. The fourth-order valence-electron chi connectivity index (χ4n) is 0.753. The minimum atomic E-state index is -1.14. The van der Waals surface area contributed by atoms with Crippen molar-refractivity contribution in [2.24, 2.45) is 5.73 Å². The first-order chi connectivity index (χ1) is 5.63. The summed E-state index contributed by atoms with van der Waals surface area (Å²) in [5.41, 5.74) is 4.82. The molecule has 0 radical (unpaired) electrons. The number of furan rings is 1. The summed E-state index contributed by atoms with van der Waals surface area (Å²) in [7, 11) is 0. The molecule has 1 rings (SSSR count). The van der Waals surface area contributed by atoms with Gasteiger partial charge in [-0.1, -0.05) is 6.58 Å². The highest BCUT2D eigenvalue weighted by atomic mass is 16.4. The van der Waals surface area contributed by atoms with Gasteiger partial charge in [0.05, 0.1) is 6.26 Å². The number of nitrogens with two attached hydrogens (primary N) is 1. The third-order valence-electron chi connectivity index (χ3n) is 1.46. The zero-order chi connectivity index (χ0) is 9.14. The average Bonchev–Trinajstić information content (AvgIpc) is 2.53. The first-order valence-electron chi connectivity index (χ1n) is 3.33. The van der Waals surface area contributed by atoms with E-state index in [1.165, 1.54) is 6.26 Å². The number of hydrogen-bond acceptors (Lipinski definition) is 3. The van der Waals surface area contributed by atoms with Gasteiger partial charge in [-0.2, -0.15) is 0 Å². The topological polar surface area (TPSA) is 76.5 Å². The van der Waals surface area contributed by atoms with Gasteiger partial charge in [-0.15, -0.1) is 0 Å². The highest BCUT2D eigenvalue weighted by Crippen LogP contribution is 2.19. The minimum absolute atomic E-state index is 0.0787. The molecule has 0 fully saturated rings. The zero-order valence-electron chi connectivity index (χ0n) is 6.36. The van der Waals surface area contributed by atoms with Crippen LogP contribution in [0.4, 0.5) is 0 Å². The molecule has 1 amide bonds. The summed E-state index contributed by atoms with van der Waals surface area (Å²) in [5, 5.41) is 9.35. The van der Waals surface area contributed by atoms with Crippen LogP contribution in [0.25, 0.3) is 0 Å². The number of carbonyl (C=O) groups is 1. The third-order valence-corrected chi connectivity index (χ3v) is 1.46. The summed E-state index contributed by atoms with van der Waals surface area (Å²) in [6, 6.07) is 3.14. The van der Waals surface area contributed by atoms with Gasteiger partial charge in [-0.25, -0.2) is 0 Å². The van der Waals surface area contributed by atoms with E-state index in [0.29, 0.717) is 0 Å². The van der Waals surface area contributed by atoms with Gasteiger partial charge in [0.1, 0.15) is 11.9 Å². The molecule has 0 aromatic carbocycles. The second kappa shape index (κ2) is 3.23. The van der Waals surface area contributed by atoms with Crippen LogP contribution in [0.2, 0.25) is 0 Å². The van der Waals surface area contributed by atoms with E-state index in [4.69, 9.17) is 10.2 Å². The van der Waals surface area contributed by atoms with Crippen molar-refractivity contribution >= 4 is 5.91 Å². The van der Waals surface area contributed by atoms with Crippen molar-refractivity contribution in [3.63, 3.8) is 0 Å². The van der Waals surface area contributed by atoms with Crippen LogP contribution in [-0.4, -0.2) is 11.0 Å². The molecule has 1 atom stereocenters. The molecule has 3 N–H and O–H groups in total. The standard InChI is InChI=1S/C8H9NO3/c1-5(8(9)11)7(10)6-3-2-4-12-6/h2-4,7,10H,1H2,(H2,9,11). The molecule has 0 saturated heterocycles. The molecule has 0 aliphatic heterocycles. The van der Waals surface area contributed by atoms with Gasteiger partial charge in [0.2, 0.25) is 5.91 Å². The summed E-state index contributed by atoms with van der Waals surface area (Å²) < 4.78 is 4.85. The molecular weight excluding hydrogens is 158 g/mol. The Balaban J connectivity index is 2.79. The lowest BCUT2D eigenvalue weighted by Crippen LogP contribution is -2.18. The first-order valence-corrected chi connectivity index (χ1v) is 3.33. The fourth-order valence-corrected chi connectivity index (χ4v) is 0.753. The maximum absolute atomic E-state index is 10.6. The number of aliphatic hydroxyl groups is 1. The Bertz CT molecular complexity index is 289. The predicted octanol–water partition coefficient (Wildman–Crippen LogP) is 0.355. The smallest absolute Gasteiger partial charge is 0.247 e. The summed E-state index contributed by atoms with van der Waals surface area (Å²) in [6.45, 7) is 3.33. The van der Waals surface area contributed by atoms with E-state index in [9.17, 15) is 9.90 Å². The second-order valence-corrected chi connectivity index (χ2v) is 2.31. The summed E-state index contributed by atoms with van der Waals surface area (Å²) in [5.74, 6) is -0.474. The van der Waals surface area contributed by atoms with E-state index in [1.807, 2.05) is 0 Å². The number of hydrogen-bond donors (Lipinski definition) is 2. The maximum atomic E-state index is 10.6. The first kappa shape index (κ1) is 8.55. The molecule has 0 spiro atoms. The lowest BCUT2D eigenvalue weighted by molar-refractivity contribution is -0.115. The summed E-state index contributed by atoms with van der Waals surface area (Å²) in [4.78, 5) is 10.6. The van der Waals surface area contributed by atoms with Gasteiger partial charge < -0.3 is 15.3 Å². The molecule has 1 aromatic rings. The Kier molecular flexibility index (Phi) is 2.30. The van der Waals surface area contributed by atoms with Gasteiger partial charge in [-0.3, -0.25) is 4.79 Å². The van der Waals surface area contributed by atoms with Crippen molar-refractivity contribution in [1.29, 1.82) is 0 Å². The van der Waals surface area contributed by atoms with Crippen molar-refractivity contribution < 1.29 is 14.3 Å². The maximum Gasteiger partial charge on any atom is 0.247 e. The SMILES string of the molecule is C=C(C(N)=O)C(O)c1ccco1. The average molecular weight is 167 g/mol. The van der Waals surface area contributed by atoms with Crippen LogP contribution in [0.1, 0.15) is 11.9 Å². The van der Waals surface area contributed by atoms with Crippen LogP contribution in [0.15, 0.2) is 35.0 Å².